The fourth-order valence-corrected chi connectivity index (χ4v) is 1.79. The first-order chi connectivity index (χ1) is 6.69. The third-order valence-electron chi connectivity index (χ3n) is 2.62. The van der Waals surface area contributed by atoms with Crippen molar-refractivity contribution in [3.05, 3.63) is 34.4 Å². The van der Waals surface area contributed by atoms with E-state index >= 15 is 0 Å². The van der Waals surface area contributed by atoms with Gasteiger partial charge in [0.1, 0.15) is 0 Å². The molecule has 0 aliphatic carbocycles. The predicted molar refractivity (Wildman–Crippen MR) is 61.4 cm³/mol. The van der Waals surface area contributed by atoms with Crippen molar-refractivity contribution in [3.8, 4) is 0 Å². The van der Waals surface area contributed by atoms with Crippen LogP contribution < -0.4 is 11.5 Å². The third-order valence-corrected chi connectivity index (χ3v) is 2.62. The van der Waals surface area contributed by atoms with Crippen LogP contribution in [-0.2, 0) is 12.8 Å². The Balaban J connectivity index is 2.97. The van der Waals surface area contributed by atoms with Crippen LogP contribution in [-0.4, -0.2) is 13.1 Å². The Hall–Kier alpha value is -0.860. The molecule has 0 spiro atoms. The standard InChI is InChI=1S/C12H20N2/c1-9-7-12(4-6-14)10(2)8-11(9)3-5-13/h7-8H,3-6,13-14H2,1-2H3. The minimum Gasteiger partial charge on any atom is -0.330 e. The molecule has 0 radical (unpaired) electrons. The van der Waals surface area contributed by atoms with E-state index in [1.807, 2.05) is 0 Å². The molecule has 4 N–H and O–H groups in total. The Morgan fingerprint density at radius 1 is 0.857 bits per heavy atom. The number of hydrogen-bond donors (Lipinski definition) is 2. The summed E-state index contributed by atoms with van der Waals surface area (Å²) in [6.45, 7) is 5.72. The number of nitrogens with two attached hydrogens (primary N) is 2. The van der Waals surface area contributed by atoms with Gasteiger partial charge in [0.2, 0.25) is 0 Å². The summed E-state index contributed by atoms with van der Waals surface area (Å²) in [6, 6.07) is 4.49. The maximum atomic E-state index is 5.56. The fraction of sp³-hybridized carbons (Fsp3) is 0.500. The first kappa shape index (κ1) is 11.2. The number of aryl methyl sites for hydroxylation is 2. The molecule has 0 heterocycles. The van der Waals surface area contributed by atoms with Crippen molar-refractivity contribution in [2.75, 3.05) is 13.1 Å². The summed E-state index contributed by atoms with van der Waals surface area (Å²) in [6.07, 6.45) is 1.94. The maximum Gasteiger partial charge on any atom is -0.00366 e. The minimum absolute atomic E-state index is 0.719. The molecular formula is C12H20N2. The second-order valence-corrected chi connectivity index (χ2v) is 3.78. The first-order valence-corrected chi connectivity index (χ1v) is 5.18. The van der Waals surface area contributed by atoms with Crippen molar-refractivity contribution in [2.24, 2.45) is 11.5 Å². The topological polar surface area (TPSA) is 52.0 Å². The molecule has 0 aromatic heterocycles. The summed E-state index contributed by atoms with van der Waals surface area (Å²) in [5.74, 6) is 0. The highest BCUT2D eigenvalue weighted by atomic mass is 14.5. The lowest BCUT2D eigenvalue weighted by Gasteiger charge is -2.10. The molecule has 0 saturated carbocycles. The second-order valence-electron chi connectivity index (χ2n) is 3.78. The third kappa shape index (κ3) is 2.56. The Kier molecular flexibility index (Phi) is 4.11. The Bertz CT molecular complexity index is 274. The molecular weight excluding hydrogens is 172 g/mol. The van der Waals surface area contributed by atoms with Crippen LogP contribution in [0, 0.1) is 13.8 Å². The van der Waals surface area contributed by atoms with Crippen LogP contribution in [0.15, 0.2) is 12.1 Å². The average molecular weight is 192 g/mol. The predicted octanol–water partition coefficient (Wildman–Crippen LogP) is 1.31. The Morgan fingerprint density at radius 2 is 1.21 bits per heavy atom. The van der Waals surface area contributed by atoms with Gasteiger partial charge in [0.15, 0.2) is 0 Å². The van der Waals surface area contributed by atoms with Crippen LogP contribution >= 0.6 is 0 Å². The summed E-state index contributed by atoms with van der Waals surface area (Å²) in [7, 11) is 0. The van der Waals surface area contributed by atoms with E-state index in [4.69, 9.17) is 11.5 Å². The van der Waals surface area contributed by atoms with Crippen molar-refractivity contribution in [1.82, 2.24) is 0 Å². The van der Waals surface area contributed by atoms with Crippen molar-refractivity contribution in [2.45, 2.75) is 26.7 Å². The van der Waals surface area contributed by atoms with E-state index in [1.165, 1.54) is 22.3 Å². The van der Waals surface area contributed by atoms with E-state index < -0.39 is 0 Å². The monoisotopic (exact) mass is 192 g/mol. The zero-order valence-corrected chi connectivity index (χ0v) is 9.14. The first-order valence-electron chi connectivity index (χ1n) is 5.18. The molecule has 2 nitrogen and oxygen atoms in total. The molecule has 0 atom stereocenters. The SMILES string of the molecule is Cc1cc(CCN)c(C)cc1CCN. The lowest BCUT2D eigenvalue weighted by molar-refractivity contribution is 0.929. The highest BCUT2D eigenvalue weighted by Gasteiger charge is 2.03. The van der Waals surface area contributed by atoms with Crippen molar-refractivity contribution in [3.63, 3.8) is 0 Å². The van der Waals surface area contributed by atoms with E-state index in [1.54, 1.807) is 0 Å². The molecule has 0 aliphatic heterocycles. The van der Waals surface area contributed by atoms with Gasteiger partial charge in [-0.15, -0.1) is 0 Å². The van der Waals surface area contributed by atoms with Gasteiger partial charge in [-0.25, -0.2) is 0 Å². The molecule has 0 aliphatic rings. The number of benzene rings is 1. The van der Waals surface area contributed by atoms with Crippen molar-refractivity contribution in [1.29, 1.82) is 0 Å². The van der Waals surface area contributed by atoms with Gasteiger partial charge in [-0.1, -0.05) is 12.1 Å². The maximum absolute atomic E-state index is 5.56. The molecule has 14 heavy (non-hydrogen) atoms. The number of rotatable bonds is 4. The van der Waals surface area contributed by atoms with Gasteiger partial charge in [0, 0.05) is 0 Å². The van der Waals surface area contributed by atoms with Crippen molar-refractivity contribution >= 4 is 0 Å². The lowest BCUT2D eigenvalue weighted by atomic mass is 9.96. The van der Waals surface area contributed by atoms with Gasteiger partial charge < -0.3 is 11.5 Å². The summed E-state index contributed by atoms with van der Waals surface area (Å²) in [5, 5.41) is 0. The largest absolute Gasteiger partial charge is 0.330 e. The zero-order valence-electron chi connectivity index (χ0n) is 9.14. The van der Waals surface area contributed by atoms with Gasteiger partial charge >= 0.3 is 0 Å². The molecule has 0 fully saturated rings. The van der Waals surface area contributed by atoms with Crippen LogP contribution in [0.5, 0.6) is 0 Å². The smallest absolute Gasteiger partial charge is 0.00366 e. The fourth-order valence-electron chi connectivity index (χ4n) is 1.79. The lowest BCUT2D eigenvalue weighted by Crippen LogP contribution is -2.08. The molecule has 0 amide bonds. The molecule has 1 rings (SSSR count). The van der Waals surface area contributed by atoms with Crippen LogP contribution in [0.25, 0.3) is 0 Å². The average Bonchev–Trinajstić information content (AvgIpc) is 2.14. The van der Waals surface area contributed by atoms with Gasteiger partial charge in [0.05, 0.1) is 0 Å². The molecule has 1 aromatic rings. The van der Waals surface area contributed by atoms with Gasteiger partial charge in [-0.3, -0.25) is 0 Å². The summed E-state index contributed by atoms with van der Waals surface area (Å²) in [5.41, 5.74) is 16.5. The van der Waals surface area contributed by atoms with E-state index in [2.05, 4.69) is 26.0 Å². The van der Waals surface area contributed by atoms with Crippen LogP contribution in [0.4, 0.5) is 0 Å². The highest BCUT2D eigenvalue weighted by Crippen LogP contribution is 2.16. The molecule has 0 unspecified atom stereocenters. The van der Waals surface area contributed by atoms with E-state index in [0.717, 1.165) is 25.9 Å². The molecule has 2 heteroatoms. The van der Waals surface area contributed by atoms with E-state index in [9.17, 15) is 0 Å². The minimum atomic E-state index is 0.719. The van der Waals surface area contributed by atoms with Crippen molar-refractivity contribution < 1.29 is 0 Å². The molecule has 1 aromatic carbocycles. The Morgan fingerprint density at radius 3 is 1.50 bits per heavy atom. The molecule has 0 bridgehead atoms. The van der Waals surface area contributed by atoms with Crippen LogP contribution in [0.3, 0.4) is 0 Å². The molecule has 0 saturated heterocycles. The van der Waals surface area contributed by atoms with E-state index in [0.29, 0.717) is 0 Å². The van der Waals surface area contributed by atoms with Gasteiger partial charge in [-0.05, 0) is 62.0 Å². The quantitative estimate of drug-likeness (QED) is 0.755. The number of hydrogen-bond acceptors (Lipinski definition) is 2. The summed E-state index contributed by atoms with van der Waals surface area (Å²) < 4.78 is 0. The van der Waals surface area contributed by atoms with Crippen LogP contribution in [0.1, 0.15) is 22.3 Å². The normalized spacial score (nSPS) is 10.6. The van der Waals surface area contributed by atoms with Crippen LogP contribution in [0.2, 0.25) is 0 Å². The second kappa shape index (κ2) is 5.13. The van der Waals surface area contributed by atoms with E-state index in [-0.39, 0.29) is 0 Å². The van der Waals surface area contributed by atoms with Gasteiger partial charge in [-0.2, -0.15) is 0 Å². The molecule has 78 valence electrons. The summed E-state index contributed by atoms with van der Waals surface area (Å²) >= 11 is 0. The summed E-state index contributed by atoms with van der Waals surface area (Å²) in [4.78, 5) is 0. The zero-order chi connectivity index (χ0) is 10.6. The highest BCUT2D eigenvalue weighted by molar-refractivity contribution is 5.37. The Labute approximate surface area is 86.3 Å². The van der Waals surface area contributed by atoms with Gasteiger partial charge in [0.25, 0.3) is 0 Å².